The van der Waals surface area contributed by atoms with E-state index < -0.39 is 22.4 Å². The van der Waals surface area contributed by atoms with Crippen molar-refractivity contribution >= 4 is 27.6 Å². The number of nitro groups is 1. The summed E-state index contributed by atoms with van der Waals surface area (Å²) in [6.45, 7) is 1.46. The van der Waals surface area contributed by atoms with Crippen molar-refractivity contribution in [3.63, 3.8) is 0 Å². The molecule has 1 N–H and O–H groups in total. The molecular formula is C11H7BrFN3O4. The lowest BCUT2D eigenvalue weighted by atomic mass is 10.2. The maximum Gasteiger partial charge on any atom is 0.339 e. The van der Waals surface area contributed by atoms with E-state index in [0.717, 1.165) is 16.9 Å². The van der Waals surface area contributed by atoms with E-state index >= 15 is 0 Å². The van der Waals surface area contributed by atoms with Crippen LogP contribution in [0.25, 0.3) is 5.69 Å². The number of carbonyl (C=O) groups is 1. The van der Waals surface area contributed by atoms with Crippen LogP contribution in [0.15, 0.2) is 22.8 Å². The smallest absolute Gasteiger partial charge is 0.339 e. The summed E-state index contributed by atoms with van der Waals surface area (Å²) in [6.07, 6.45) is 1.14. The van der Waals surface area contributed by atoms with Crippen molar-refractivity contribution in [1.29, 1.82) is 0 Å². The number of hydrogen-bond donors (Lipinski definition) is 1. The molecule has 7 nitrogen and oxygen atoms in total. The zero-order valence-electron chi connectivity index (χ0n) is 10.0. The van der Waals surface area contributed by atoms with Gasteiger partial charge in [-0.3, -0.25) is 10.1 Å². The van der Waals surface area contributed by atoms with Gasteiger partial charge in [-0.15, -0.1) is 0 Å². The summed E-state index contributed by atoms with van der Waals surface area (Å²) in [6, 6.07) is 1.92. The van der Waals surface area contributed by atoms with Crippen molar-refractivity contribution < 1.29 is 19.2 Å². The van der Waals surface area contributed by atoms with Crippen LogP contribution in [0.2, 0.25) is 0 Å². The van der Waals surface area contributed by atoms with E-state index in [-0.39, 0.29) is 21.4 Å². The third-order valence-electron chi connectivity index (χ3n) is 2.59. The Morgan fingerprint density at radius 3 is 2.70 bits per heavy atom. The lowest BCUT2D eigenvalue weighted by molar-refractivity contribution is -0.384. The Labute approximate surface area is 119 Å². The number of rotatable bonds is 3. The Bertz CT molecular complexity index is 729. The summed E-state index contributed by atoms with van der Waals surface area (Å²) in [7, 11) is 0. The second kappa shape index (κ2) is 5.00. The summed E-state index contributed by atoms with van der Waals surface area (Å²) in [4.78, 5) is 21.1. The van der Waals surface area contributed by atoms with Crippen molar-refractivity contribution in [1.82, 2.24) is 9.78 Å². The van der Waals surface area contributed by atoms with Crippen LogP contribution in [0.3, 0.4) is 0 Å². The Hall–Kier alpha value is -2.29. The molecule has 1 aromatic carbocycles. The van der Waals surface area contributed by atoms with Gasteiger partial charge in [0, 0.05) is 6.20 Å². The highest BCUT2D eigenvalue weighted by Crippen LogP contribution is 2.29. The van der Waals surface area contributed by atoms with Gasteiger partial charge in [0.05, 0.1) is 21.2 Å². The number of hydrogen-bond acceptors (Lipinski definition) is 4. The van der Waals surface area contributed by atoms with Crippen molar-refractivity contribution in [2.45, 2.75) is 6.92 Å². The molecule has 2 aromatic rings. The third-order valence-corrected chi connectivity index (χ3v) is 3.20. The summed E-state index contributed by atoms with van der Waals surface area (Å²) in [5, 5.41) is 23.8. The first kappa shape index (κ1) is 14.1. The zero-order valence-corrected chi connectivity index (χ0v) is 11.6. The number of halogens is 2. The normalized spacial score (nSPS) is 10.6. The standard InChI is InChI=1S/C11H7BrFN3O4/c1-5-6(11(17)18)4-15(14-5)9-2-7(12)8(13)3-10(9)16(19)20/h2-4H,1H3,(H,17,18). The van der Waals surface area contributed by atoms with Gasteiger partial charge in [-0.1, -0.05) is 0 Å². The summed E-state index contributed by atoms with van der Waals surface area (Å²) >= 11 is 2.93. The van der Waals surface area contributed by atoms with Gasteiger partial charge in [-0.2, -0.15) is 5.10 Å². The van der Waals surface area contributed by atoms with Crippen LogP contribution in [0.5, 0.6) is 0 Å². The van der Waals surface area contributed by atoms with Gasteiger partial charge in [-0.25, -0.2) is 13.9 Å². The maximum atomic E-state index is 13.4. The molecule has 0 radical (unpaired) electrons. The summed E-state index contributed by atoms with van der Waals surface area (Å²) in [5.41, 5.74) is -0.420. The quantitative estimate of drug-likeness (QED) is 0.682. The molecule has 0 aliphatic carbocycles. The molecule has 0 atom stereocenters. The molecule has 1 heterocycles. The van der Waals surface area contributed by atoms with Crippen molar-refractivity contribution in [3.8, 4) is 5.69 Å². The third kappa shape index (κ3) is 2.39. The highest BCUT2D eigenvalue weighted by molar-refractivity contribution is 9.10. The predicted molar refractivity (Wildman–Crippen MR) is 69.6 cm³/mol. The monoisotopic (exact) mass is 343 g/mol. The highest BCUT2D eigenvalue weighted by atomic mass is 79.9. The van der Waals surface area contributed by atoms with Gasteiger partial charge in [0.25, 0.3) is 5.69 Å². The van der Waals surface area contributed by atoms with E-state index in [9.17, 15) is 19.3 Å². The average molecular weight is 344 g/mol. The number of aromatic carboxylic acids is 1. The maximum absolute atomic E-state index is 13.4. The van der Waals surface area contributed by atoms with Crippen LogP contribution >= 0.6 is 15.9 Å². The molecule has 0 bridgehead atoms. The minimum Gasteiger partial charge on any atom is -0.478 e. The van der Waals surface area contributed by atoms with Crippen molar-refractivity contribution in [2.24, 2.45) is 0 Å². The highest BCUT2D eigenvalue weighted by Gasteiger charge is 2.22. The van der Waals surface area contributed by atoms with E-state index in [1.165, 1.54) is 13.0 Å². The molecule has 0 aliphatic heterocycles. The molecule has 0 spiro atoms. The molecule has 104 valence electrons. The van der Waals surface area contributed by atoms with Gasteiger partial charge in [-0.05, 0) is 28.9 Å². The van der Waals surface area contributed by atoms with Gasteiger partial charge < -0.3 is 5.11 Å². The molecule has 2 rings (SSSR count). The minimum atomic E-state index is -1.20. The van der Waals surface area contributed by atoms with E-state index in [1.54, 1.807) is 0 Å². The topological polar surface area (TPSA) is 98.3 Å². The number of benzene rings is 1. The van der Waals surface area contributed by atoms with Crippen molar-refractivity contribution in [2.75, 3.05) is 0 Å². The molecule has 9 heteroatoms. The molecule has 0 saturated carbocycles. The lowest BCUT2D eigenvalue weighted by Crippen LogP contribution is -2.02. The van der Waals surface area contributed by atoms with Crippen LogP contribution in [0, 0.1) is 22.9 Å². The van der Waals surface area contributed by atoms with E-state index in [1.807, 2.05) is 0 Å². The fourth-order valence-electron chi connectivity index (χ4n) is 1.65. The van der Waals surface area contributed by atoms with E-state index in [2.05, 4.69) is 21.0 Å². The van der Waals surface area contributed by atoms with Crippen LogP contribution < -0.4 is 0 Å². The van der Waals surface area contributed by atoms with Crippen LogP contribution in [0.4, 0.5) is 10.1 Å². The molecule has 1 aromatic heterocycles. The number of carboxylic acids is 1. The predicted octanol–water partition coefficient (Wildman–Crippen LogP) is 2.69. The number of nitrogens with zero attached hydrogens (tertiary/aromatic N) is 3. The summed E-state index contributed by atoms with van der Waals surface area (Å²) < 4.78 is 14.4. The molecule has 0 amide bonds. The molecule has 0 aliphatic rings. The van der Waals surface area contributed by atoms with Gasteiger partial charge in [0.1, 0.15) is 17.1 Å². The van der Waals surface area contributed by atoms with Gasteiger partial charge >= 0.3 is 5.97 Å². The number of aromatic nitrogens is 2. The lowest BCUT2D eigenvalue weighted by Gasteiger charge is -2.04. The second-order valence-corrected chi connectivity index (χ2v) is 4.74. The first-order valence-corrected chi connectivity index (χ1v) is 6.04. The number of aryl methyl sites for hydroxylation is 1. The van der Waals surface area contributed by atoms with Crippen LogP contribution in [-0.2, 0) is 0 Å². The first-order chi connectivity index (χ1) is 9.31. The Kier molecular flexibility index (Phi) is 3.53. The van der Waals surface area contributed by atoms with Crippen molar-refractivity contribution in [3.05, 3.63) is 50.0 Å². The summed E-state index contributed by atoms with van der Waals surface area (Å²) in [5.74, 6) is -1.99. The average Bonchev–Trinajstić information content (AvgIpc) is 2.74. The molecular weight excluding hydrogens is 337 g/mol. The zero-order chi connectivity index (χ0) is 15.0. The minimum absolute atomic E-state index is 0.0168. The van der Waals surface area contributed by atoms with Crippen LogP contribution in [0.1, 0.15) is 16.1 Å². The molecule has 0 saturated heterocycles. The molecule has 20 heavy (non-hydrogen) atoms. The molecule has 0 unspecified atom stereocenters. The second-order valence-electron chi connectivity index (χ2n) is 3.89. The SMILES string of the molecule is Cc1nn(-c2cc(Br)c(F)cc2[N+](=O)[O-])cc1C(=O)O. The largest absolute Gasteiger partial charge is 0.478 e. The fourth-order valence-corrected chi connectivity index (χ4v) is 1.98. The number of carboxylic acid groups (broad SMARTS) is 1. The Morgan fingerprint density at radius 1 is 1.55 bits per heavy atom. The Morgan fingerprint density at radius 2 is 2.20 bits per heavy atom. The first-order valence-electron chi connectivity index (χ1n) is 5.24. The van der Waals surface area contributed by atoms with Gasteiger partial charge in [0.15, 0.2) is 0 Å². The van der Waals surface area contributed by atoms with Gasteiger partial charge in [0.2, 0.25) is 0 Å². The molecule has 0 fully saturated rings. The Balaban J connectivity index is 2.68. The van der Waals surface area contributed by atoms with E-state index in [0.29, 0.717) is 0 Å². The number of nitro benzene ring substituents is 1. The van der Waals surface area contributed by atoms with E-state index in [4.69, 9.17) is 5.11 Å². The fraction of sp³-hybridized carbons (Fsp3) is 0.0909. The van der Waals surface area contributed by atoms with Crippen LogP contribution in [-0.4, -0.2) is 25.8 Å².